The third kappa shape index (κ3) is 3.96. The largest absolute Gasteiger partial charge is 0.0836 e. The van der Waals surface area contributed by atoms with Crippen LogP contribution in [0.3, 0.4) is 0 Å². The first-order valence-corrected chi connectivity index (χ1v) is 13.4. The lowest BCUT2D eigenvalue weighted by Crippen LogP contribution is -1.93. The molecule has 6 aromatic rings. The molecule has 0 nitrogen and oxygen atoms in total. The number of hydrogen-bond acceptors (Lipinski definition) is 0. The second-order valence-electron chi connectivity index (χ2n) is 10.0. The lowest BCUT2D eigenvalue weighted by molar-refractivity contribution is 1.04. The Labute approximate surface area is 224 Å². The van der Waals surface area contributed by atoms with E-state index in [0.717, 1.165) is 12.8 Å². The third-order valence-electron chi connectivity index (χ3n) is 7.65. The first-order chi connectivity index (χ1) is 18.9. The summed E-state index contributed by atoms with van der Waals surface area (Å²) in [6.07, 6.45) is 9.16. The van der Waals surface area contributed by atoms with Crippen LogP contribution in [0.5, 0.6) is 0 Å². The Balaban J connectivity index is 1.58. The van der Waals surface area contributed by atoms with Gasteiger partial charge in [-0.25, -0.2) is 0 Å². The molecule has 38 heavy (non-hydrogen) atoms. The predicted molar refractivity (Wildman–Crippen MR) is 164 cm³/mol. The van der Waals surface area contributed by atoms with Crippen molar-refractivity contribution in [3.8, 4) is 33.4 Å². The van der Waals surface area contributed by atoms with E-state index in [1.807, 2.05) is 0 Å². The van der Waals surface area contributed by atoms with Gasteiger partial charge < -0.3 is 0 Å². The summed E-state index contributed by atoms with van der Waals surface area (Å²) in [5.41, 5.74) is 10.2. The maximum absolute atomic E-state index is 2.39. The van der Waals surface area contributed by atoms with Crippen LogP contribution in [0.1, 0.15) is 18.4 Å². The Morgan fingerprint density at radius 3 is 1.39 bits per heavy atom. The maximum Gasteiger partial charge on any atom is -0.00259 e. The van der Waals surface area contributed by atoms with Gasteiger partial charge in [-0.05, 0) is 97.1 Å². The molecule has 0 radical (unpaired) electrons. The molecular formula is C38H28. The molecule has 180 valence electrons. The van der Waals surface area contributed by atoms with E-state index in [4.69, 9.17) is 0 Å². The summed E-state index contributed by atoms with van der Waals surface area (Å²) in [5, 5.41) is 5.15. The molecule has 0 fully saturated rings. The molecule has 0 bridgehead atoms. The van der Waals surface area contributed by atoms with Crippen LogP contribution in [0, 0.1) is 0 Å². The van der Waals surface area contributed by atoms with Crippen molar-refractivity contribution in [2.24, 2.45) is 0 Å². The first-order valence-electron chi connectivity index (χ1n) is 13.4. The summed E-state index contributed by atoms with van der Waals surface area (Å²) >= 11 is 0. The Kier molecular flexibility index (Phi) is 5.72. The highest BCUT2D eigenvalue weighted by Gasteiger charge is 2.18. The Bertz CT molecular complexity index is 1780. The second-order valence-corrected chi connectivity index (χ2v) is 10.0. The molecular weight excluding hydrogens is 456 g/mol. The van der Waals surface area contributed by atoms with Crippen LogP contribution in [0.15, 0.2) is 146 Å². The van der Waals surface area contributed by atoms with Gasteiger partial charge in [0, 0.05) is 0 Å². The standard InChI is InChI=1S/C38H28/c1-4-14-27(15-5-1)30-24-31(28-16-6-2-7-17-28)26-32(25-30)38-35-22-12-10-20-33(35)37(29-18-8-3-9-19-29)34-21-11-13-23-36(34)38/h1,3-6,8-26H,2,7H2. The minimum absolute atomic E-state index is 1.09. The lowest BCUT2D eigenvalue weighted by atomic mass is 9.84. The van der Waals surface area contributed by atoms with Crippen molar-refractivity contribution in [3.05, 3.63) is 151 Å². The Morgan fingerprint density at radius 1 is 0.368 bits per heavy atom. The lowest BCUT2D eigenvalue weighted by Gasteiger charge is -2.19. The molecule has 6 aromatic carbocycles. The van der Waals surface area contributed by atoms with Crippen molar-refractivity contribution in [2.45, 2.75) is 12.8 Å². The molecule has 0 saturated heterocycles. The molecule has 0 amide bonds. The molecule has 0 N–H and O–H groups in total. The van der Waals surface area contributed by atoms with Gasteiger partial charge in [-0.2, -0.15) is 0 Å². The molecule has 0 atom stereocenters. The maximum atomic E-state index is 2.39. The quantitative estimate of drug-likeness (QED) is 0.218. The van der Waals surface area contributed by atoms with Gasteiger partial charge in [0.1, 0.15) is 0 Å². The molecule has 7 rings (SSSR count). The van der Waals surface area contributed by atoms with Gasteiger partial charge in [0.05, 0.1) is 0 Å². The highest BCUT2D eigenvalue weighted by atomic mass is 14.2. The van der Waals surface area contributed by atoms with Gasteiger partial charge in [0.25, 0.3) is 0 Å². The second kappa shape index (κ2) is 9.65. The van der Waals surface area contributed by atoms with Gasteiger partial charge in [-0.15, -0.1) is 0 Å². The van der Waals surface area contributed by atoms with Gasteiger partial charge in [0.2, 0.25) is 0 Å². The van der Waals surface area contributed by atoms with Crippen molar-refractivity contribution in [2.75, 3.05) is 0 Å². The van der Waals surface area contributed by atoms with Gasteiger partial charge in [-0.1, -0.05) is 127 Å². The Hall–Kier alpha value is -4.68. The molecule has 0 heterocycles. The Morgan fingerprint density at radius 2 is 0.842 bits per heavy atom. The topological polar surface area (TPSA) is 0 Å². The average molecular weight is 485 g/mol. The fourth-order valence-corrected chi connectivity index (χ4v) is 5.92. The summed E-state index contributed by atoms with van der Waals surface area (Å²) in [6.45, 7) is 0. The zero-order valence-corrected chi connectivity index (χ0v) is 21.3. The summed E-state index contributed by atoms with van der Waals surface area (Å²) in [4.78, 5) is 0. The first kappa shape index (κ1) is 22.5. The van der Waals surface area contributed by atoms with Crippen molar-refractivity contribution in [3.63, 3.8) is 0 Å². The zero-order chi connectivity index (χ0) is 25.3. The van der Waals surface area contributed by atoms with Crippen molar-refractivity contribution in [1.29, 1.82) is 0 Å². The van der Waals surface area contributed by atoms with Crippen LogP contribution in [0.2, 0.25) is 0 Å². The summed E-state index contributed by atoms with van der Waals surface area (Å²) in [5.74, 6) is 0. The van der Waals surface area contributed by atoms with Crippen LogP contribution < -0.4 is 0 Å². The number of fused-ring (bicyclic) bond motifs is 2. The van der Waals surface area contributed by atoms with E-state index in [-0.39, 0.29) is 0 Å². The third-order valence-corrected chi connectivity index (χ3v) is 7.65. The molecule has 1 aliphatic rings. The van der Waals surface area contributed by atoms with Crippen LogP contribution in [-0.4, -0.2) is 0 Å². The van der Waals surface area contributed by atoms with Crippen molar-refractivity contribution >= 4 is 27.1 Å². The van der Waals surface area contributed by atoms with Crippen LogP contribution in [0.25, 0.3) is 60.5 Å². The van der Waals surface area contributed by atoms with E-state index < -0.39 is 0 Å². The van der Waals surface area contributed by atoms with E-state index in [9.17, 15) is 0 Å². The zero-order valence-electron chi connectivity index (χ0n) is 21.3. The van der Waals surface area contributed by atoms with Gasteiger partial charge in [0.15, 0.2) is 0 Å². The van der Waals surface area contributed by atoms with Gasteiger partial charge in [-0.3, -0.25) is 0 Å². The van der Waals surface area contributed by atoms with E-state index in [2.05, 4.69) is 146 Å². The van der Waals surface area contributed by atoms with E-state index in [0.29, 0.717) is 0 Å². The molecule has 0 aliphatic heterocycles. The molecule has 0 unspecified atom stereocenters. The van der Waals surface area contributed by atoms with Crippen molar-refractivity contribution in [1.82, 2.24) is 0 Å². The predicted octanol–water partition coefficient (Wildman–Crippen LogP) is 10.7. The average Bonchev–Trinajstić information content (AvgIpc) is 3.01. The highest BCUT2D eigenvalue weighted by molar-refractivity contribution is 6.21. The smallest absolute Gasteiger partial charge is 0.00259 e. The van der Waals surface area contributed by atoms with Crippen LogP contribution in [-0.2, 0) is 0 Å². The molecule has 0 aromatic heterocycles. The molecule has 1 aliphatic carbocycles. The molecule has 0 spiro atoms. The minimum Gasteiger partial charge on any atom is -0.0836 e. The normalized spacial score (nSPS) is 13.1. The highest BCUT2D eigenvalue weighted by Crippen LogP contribution is 2.44. The van der Waals surface area contributed by atoms with Crippen LogP contribution in [0.4, 0.5) is 0 Å². The van der Waals surface area contributed by atoms with Gasteiger partial charge >= 0.3 is 0 Å². The van der Waals surface area contributed by atoms with Crippen molar-refractivity contribution < 1.29 is 0 Å². The van der Waals surface area contributed by atoms with E-state index in [1.54, 1.807) is 0 Å². The number of hydrogen-bond donors (Lipinski definition) is 0. The molecule has 0 saturated carbocycles. The number of rotatable bonds is 4. The SMILES string of the molecule is C1=CC(c2cc(-c3ccccc3)cc(-c3c4ccccc4c(-c4ccccc4)c4ccccc34)c2)=CCC1. The monoisotopic (exact) mass is 484 g/mol. The summed E-state index contributed by atoms with van der Waals surface area (Å²) < 4.78 is 0. The van der Waals surface area contributed by atoms with Crippen LogP contribution >= 0.6 is 0 Å². The molecule has 0 heteroatoms. The minimum atomic E-state index is 1.09. The summed E-state index contributed by atoms with van der Waals surface area (Å²) in [6, 6.07) is 46.5. The van der Waals surface area contributed by atoms with E-state index in [1.165, 1.54) is 66.1 Å². The number of benzene rings is 6. The van der Waals surface area contributed by atoms with E-state index >= 15 is 0 Å². The number of allylic oxidation sites excluding steroid dienone is 4. The fraction of sp³-hybridized carbons (Fsp3) is 0.0526. The summed E-state index contributed by atoms with van der Waals surface area (Å²) in [7, 11) is 0. The fourth-order valence-electron chi connectivity index (χ4n) is 5.92.